The standard InChI is InChI=1S/C24H28ClN3O4S/c1-4-28(5-2)13-12-26-24(29)20-15-21(25)22(16-23(20)32-3)27-33(30,31)19-11-10-17-8-6-7-9-18(17)14-19/h6-11,14-16,27H,4-5,12-13H2,1-3H3,(H,26,29). The second-order valence-electron chi connectivity index (χ2n) is 7.43. The quantitative estimate of drug-likeness (QED) is 0.441. The molecule has 7 nitrogen and oxygen atoms in total. The number of amides is 1. The highest BCUT2D eigenvalue weighted by Gasteiger charge is 2.20. The van der Waals surface area contributed by atoms with Crippen LogP contribution in [0.4, 0.5) is 5.69 Å². The molecule has 0 saturated carbocycles. The summed E-state index contributed by atoms with van der Waals surface area (Å²) in [5, 5.41) is 4.69. The first-order chi connectivity index (χ1) is 15.8. The monoisotopic (exact) mass is 489 g/mol. The Morgan fingerprint density at radius 2 is 1.73 bits per heavy atom. The Kier molecular flexibility index (Phi) is 8.18. The molecule has 0 aliphatic carbocycles. The van der Waals surface area contributed by atoms with Gasteiger partial charge < -0.3 is 15.0 Å². The zero-order valence-electron chi connectivity index (χ0n) is 18.9. The lowest BCUT2D eigenvalue weighted by atomic mass is 10.1. The van der Waals surface area contributed by atoms with Crippen LogP contribution in [0.3, 0.4) is 0 Å². The van der Waals surface area contributed by atoms with Crippen LogP contribution < -0.4 is 14.8 Å². The first kappa shape index (κ1) is 24.8. The number of fused-ring (bicyclic) bond motifs is 1. The number of anilines is 1. The van der Waals surface area contributed by atoms with Crippen LogP contribution in [-0.2, 0) is 10.0 Å². The molecule has 3 rings (SSSR count). The lowest BCUT2D eigenvalue weighted by Gasteiger charge is -2.18. The third-order valence-electron chi connectivity index (χ3n) is 5.42. The van der Waals surface area contributed by atoms with E-state index in [9.17, 15) is 13.2 Å². The number of rotatable bonds is 10. The number of carbonyl (C=O) groups is 1. The van der Waals surface area contributed by atoms with Crippen molar-refractivity contribution < 1.29 is 17.9 Å². The van der Waals surface area contributed by atoms with E-state index in [-0.39, 0.29) is 32.8 Å². The minimum absolute atomic E-state index is 0.0917. The summed E-state index contributed by atoms with van der Waals surface area (Å²) in [5.74, 6) is -0.124. The fourth-order valence-electron chi connectivity index (χ4n) is 3.48. The largest absolute Gasteiger partial charge is 0.496 e. The van der Waals surface area contributed by atoms with E-state index in [1.54, 1.807) is 12.1 Å². The molecule has 0 heterocycles. The first-order valence-corrected chi connectivity index (χ1v) is 12.5. The van der Waals surface area contributed by atoms with E-state index in [2.05, 4.69) is 28.8 Å². The van der Waals surface area contributed by atoms with Gasteiger partial charge in [-0.3, -0.25) is 9.52 Å². The van der Waals surface area contributed by atoms with Gasteiger partial charge in [0.05, 0.1) is 28.3 Å². The Bertz CT molecular complexity index is 1240. The maximum atomic E-state index is 13.0. The summed E-state index contributed by atoms with van der Waals surface area (Å²) >= 11 is 6.35. The van der Waals surface area contributed by atoms with Gasteiger partial charge in [0.25, 0.3) is 15.9 Å². The highest BCUT2D eigenvalue weighted by molar-refractivity contribution is 7.92. The van der Waals surface area contributed by atoms with E-state index in [4.69, 9.17) is 16.3 Å². The number of halogens is 1. The van der Waals surface area contributed by atoms with Crippen LogP contribution in [0, 0.1) is 0 Å². The molecule has 0 unspecified atom stereocenters. The van der Waals surface area contributed by atoms with Gasteiger partial charge in [0.2, 0.25) is 0 Å². The minimum Gasteiger partial charge on any atom is -0.496 e. The van der Waals surface area contributed by atoms with E-state index in [0.29, 0.717) is 6.54 Å². The number of benzene rings is 3. The summed E-state index contributed by atoms with van der Waals surface area (Å²) < 4.78 is 33.8. The Morgan fingerprint density at radius 1 is 1.03 bits per heavy atom. The normalized spacial score (nSPS) is 11.5. The van der Waals surface area contributed by atoms with Crippen LogP contribution >= 0.6 is 11.6 Å². The summed E-state index contributed by atoms with van der Waals surface area (Å²) in [6.07, 6.45) is 0. The molecule has 0 radical (unpaired) electrons. The SMILES string of the molecule is CCN(CC)CCNC(=O)c1cc(Cl)c(NS(=O)(=O)c2ccc3ccccc3c2)cc1OC. The molecular formula is C24H28ClN3O4S. The fraction of sp³-hybridized carbons (Fsp3) is 0.292. The van der Waals surface area contributed by atoms with Crippen LogP contribution in [-0.4, -0.2) is 52.5 Å². The van der Waals surface area contributed by atoms with Crippen molar-refractivity contribution in [2.45, 2.75) is 18.7 Å². The van der Waals surface area contributed by atoms with Gasteiger partial charge in [-0.2, -0.15) is 0 Å². The first-order valence-electron chi connectivity index (χ1n) is 10.7. The summed E-state index contributed by atoms with van der Waals surface area (Å²) in [6, 6.07) is 15.2. The average Bonchev–Trinajstić information content (AvgIpc) is 2.82. The van der Waals surface area contributed by atoms with Gasteiger partial charge in [-0.25, -0.2) is 8.42 Å². The highest BCUT2D eigenvalue weighted by Crippen LogP contribution is 2.33. The van der Waals surface area contributed by atoms with Gasteiger partial charge in [0, 0.05) is 19.2 Å². The summed E-state index contributed by atoms with van der Waals surface area (Å²) in [7, 11) is -2.50. The Hall–Kier alpha value is -2.81. The van der Waals surface area contributed by atoms with Crippen LogP contribution in [0.2, 0.25) is 5.02 Å². The third kappa shape index (κ3) is 5.96. The maximum Gasteiger partial charge on any atom is 0.261 e. The van der Waals surface area contributed by atoms with Crippen molar-refractivity contribution in [3.05, 3.63) is 65.2 Å². The molecule has 9 heteroatoms. The molecule has 0 fully saturated rings. The van der Waals surface area contributed by atoms with E-state index >= 15 is 0 Å². The number of ether oxygens (including phenoxy) is 1. The zero-order chi connectivity index (χ0) is 24.0. The molecule has 0 saturated heterocycles. The Balaban J connectivity index is 1.81. The van der Waals surface area contributed by atoms with Crippen molar-refractivity contribution in [1.82, 2.24) is 10.2 Å². The molecule has 3 aromatic carbocycles. The second-order valence-corrected chi connectivity index (χ2v) is 9.52. The molecule has 0 aliphatic heterocycles. The van der Waals surface area contributed by atoms with E-state index in [0.717, 1.165) is 30.4 Å². The second kappa shape index (κ2) is 10.9. The maximum absolute atomic E-state index is 13.0. The van der Waals surface area contributed by atoms with Crippen molar-refractivity contribution in [2.75, 3.05) is 38.0 Å². The minimum atomic E-state index is -3.91. The van der Waals surface area contributed by atoms with Gasteiger partial charge in [-0.05, 0) is 42.1 Å². The van der Waals surface area contributed by atoms with Crippen LogP contribution in [0.5, 0.6) is 5.75 Å². The van der Waals surface area contributed by atoms with Crippen LogP contribution in [0.15, 0.2) is 59.5 Å². The van der Waals surface area contributed by atoms with Crippen molar-refractivity contribution in [3.8, 4) is 5.75 Å². The predicted octanol–water partition coefficient (Wildman–Crippen LogP) is 4.37. The molecule has 0 bridgehead atoms. The molecule has 0 aliphatic rings. The summed E-state index contributed by atoms with van der Waals surface area (Å²) in [4.78, 5) is 15.0. The highest BCUT2D eigenvalue weighted by atomic mass is 35.5. The zero-order valence-corrected chi connectivity index (χ0v) is 20.5. The van der Waals surface area contributed by atoms with Crippen LogP contribution in [0.1, 0.15) is 24.2 Å². The summed E-state index contributed by atoms with van der Waals surface area (Å²) in [6.45, 7) is 7.11. The van der Waals surface area contributed by atoms with Gasteiger partial charge >= 0.3 is 0 Å². The Labute approximate surface area is 199 Å². The van der Waals surface area contributed by atoms with Crippen molar-refractivity contribution in [2.24, 2.45) is 0 Å². The number of hydrogen-bond donors (Lipinski definition) is 2. The molecule has 1 amide bonds. The van der Waals surface area contributed by atoms with Crippen molar-refractivity contribution in [3.63, 3.8) is 0 Å². The van der Waals surface area contributed by atoms with Crippen molar-refractivity contribution >= 4 is 44.0 Å². The third-order valence-corrected chi connectivity index (χ3v) is 7.09. The molecule has 2 N–H and O–H groups in total. The van der Waals surface area contributed by atoms with E-state index in [1.165, 1.54) is 25.3 Å². The van der Waals surface area contributed by atoms with Gasteiger partial charge in [-0.15, -0.1) is 0 Å². The number of nitrogens with zero attached hydrogens (tertiary/aromatic N) is 1. The number of hydrogen-bond acceptors (Lipinski definition) is 5. The Morgan fingerprint density at radius 3 is 2.39 bits per heavy atom. The van der Waals surface area contributed by atoms with E-state index < -0.39 is 10.0 Å². The van der Waals surface area contributed by atoms with E-state index in [1.807, 2.05) is 24.3 Å². The molecule has 0 aromatic heterocycles. The topological polar surface area (TPSA) is 87.7 Å². The molecule has 176 valence electrons. The van der Waals surface area contributed by atoms with Crippen LogP contribution in [0.25, 0.3) is 10.8 Å². The molecule has 3 aromatic rings. The van der Waals surface area contributed by atoms with Crippen molar-refractivity contribution in [1.29, 1.82) is 0 Å². The lowest BCUT2D eigenvalue weighted by molar-refractivity contribution is 0.0946. The molecule has 33 heavy (non-hydrogen) atoms. The number of sulfonamides is 1. The number of likely N-dealkylation sites (N-methyl/N-ethyl adjacent to an activating group) is 1. The average molecular weight is 490 g/mol. The van der Waals surface area contributed by atoms with Gasteiger partial charge in [0.1, 0.15) is 5.75 Å². The molecule has 0 spiro atoms. The molecule has 0 atom stereocenters. The summed E-state index contributed by atoms with van der Waals surface area (Å²) in [5.41, 5.74) is 0.358. The lowest BCUT2D eigenvalue weighted by Crippen LogP contribution is -2.34. The number of methoxy groups -OCH3 is 1. The fourth-order valence-corrected chi connectivity index (χ4v) is 4.85. The van der Waals surface area contributed by atoms with Gasteiger partial charge in [-0.1, -0.05) is 55.8 Å². The predicted molar refractivity (Wildman–Crippen MR) is 133 cm³/mol. The number of carbonyl (C=O) groups excluding carboxylic acids is 1. The smallest absolute Gasteiger partial charge is 0.261 e. The van der Waals surface area contributed by atoms with Gasteiger partial charge in [0.15, 0.2) is 0 Å². The number of nitrogens with one attached hydrogen (secondary N) is 2. The molecular weight excluding hydrogens is 462 g/mol.